The van der Waals surface area contributed by atoms with E-state index in [1.807, 2.05) is 11.3 Å². The Morgan fingerprint density at radius 1 is 0.375 bits per heavy atom. The number of hydrogen-bond donors (Lipinski definition) is 0. The summed E-state index contributed by atoms with van der Waals surface area (Å²) in [7, 11) is 0. The molecule has 0 saturated heterocycles. The summed E-state index contributed by atoms with van der Waals surface area (Å²) in [5.74, 6) is 0. The molecule has 1 aromatic heterocycles. The van der Waals surface area contributed by atoms with Gasteiger partial charge in [0.25, 0.3) is 0 Å². The highest BCUT2D eigenvalue weighted by molar-refractivity contribution is 7.26. The Bertz CT molecular complexity index is 2160. The third-order valence-corrected chi connectivity index (χ3v) is 9.05. The normalized spacial score (nSPS) is 11.5. The van der Waals surface area contributed by atoms with Crippen molar-refractivity contribution in [2.45, 2.75) is 0 Å². The van der Waals surface area contributed by atoms with Crippen LogP contribution in [-0.2, 0) is 0 Å². The zero-order valence-electron chi connectivity index (χ0n) is 21.8. The summed E-state index contributed by atoms with van der Waals surface area (Å²) >= 11 is 1.88. The van der Waals surface area contributed by atoms with E-state index in [1.54, 1.807) is 0 Å². The molecule has 8 rings (SSSR count). The Hall–Kier alpha value is -4.92. The summed E-state index contributed by atoms with van der Waals surface area (Å²) in [6.45, 7) is 0. The van der Waals surface area contributed by atoms with Crippen molar-refractivity contribution in [2.75, 3.05) is 4.90 Å². The van der Waals surface area contributed by atoms with Crippen LogP contribution in [0.3, 0.4) is 0 Å². The molecule has 0 spiro atoms. The second-order valence-electron chi connectivity index (χ2n) is 10.2. The van der Waals surface area contributed by atoms with Crippen molar-refractivity contribution in [1.82, 2.24) is 0 Å². The van der Waals surface area contributed by atoms with Gasteiger partial charge >= 0.3 is 0 Å². The third kappa shape index (κ3) is 3.85. The SMILES string of the molecule is c1ccc(N(c2ccc(-c3ccc4ccccc4c3)cc2)c2ccc3ccc4c5ccccc5sc4c3c2)cc1. The van der Waals surface area contributed by atoms with E-state index in [0.29, 0.717) is 0 Å². The molecule has 0 aliphatic carbocycles. The molecule has 0 N–H and O–H groups in total. The van der Waals surface area contributed by atoms with Crippen molar-refractivity contribution in [1.29, 1.82) is 0 Å². The first-order valence-corrected chi connectivity index (χ1v) is 14.4. The van der Waals surface area contributed by atoms with Gasteiger partial charge in [-0.1, -0.05) is 103 Å². The Morgan fingerprint density at radius 2 is 1.02 bits per heavy atom. The molecule has 0 saturated carbocycles. The number of rotatable bonds is 4. The Kier molecular flexibility index (Phi) is 5.39. The summed E-state index contributed by atoms with van der Waals surface area (Å²) in [6.07, 6.45) is 0. The molecule has 0 bridgehead atoms. The minimum absolute atomic E-state index is 1.14. The van der Waals surface area contributed by atoms with Crippen LogP contribution in [0.25, 0.3) is 52.8 Å². The van der Waals surface area contributed by atoms with E-state index in [4.69, 9.17) is 0 Å². The van der Waals surface area contributed by atoms with E-state index >= 15 is 0 Å². The number of anilines is 3. The van der Waals surface area contributed by atoms with E-state index in [1.165, 1.54) is 52.8 Å². The molecule has 0 atom stereocenters. The van der Waals surface area contributed by atoms with Gasteiger partial charge in [0, 0.05) is 42.6 Å². The lowest BCUT2D eigenvalue weighted by molar-refractivity contribution is 1.29. The summed E-state index contributed by atoms with van der Waals surface area (Å²) < 4.78 is 2.68. The zero-order valence-corrected chi connectivity index (χ0v) is 22.6. The number of para-hydroxylation sites is 1. The van der Waals surface area contributed by atoms with Crippen LogP contribution >= 0.6 is 11.3 Å². The van der Waals surface area contributed by atoms with E-state index in [9.17, 15) is 0 Å². The van der Waals surface area contributed by atoms with Crippen molar-refractivity contribution in [3.63, 3.8) is 0 Å². The summed E-state index contributed by atoms with van der Waals surface area (Å²) in [5, 5.41) is 7.75. The molecule has 188 valence electrons. The van der Waals surface area contributed by atoms with Crippen LogP contribution in [0.4, 0.5) is 17.1 Å². The van der Waals surface area contributed by atoms with Crippen LogP contribution in [0.5, 0.6) is 0 Å². The van der Waals surface area contributed by atoms with Gasteiger partial charge in [-0.2, -0.15) is 0 Å². The van der Waals surface area contributed by atoms with E-state index in [2.05, 4.69) is 157 Å². The number of nitrogens with zero attached hydrogens (tertiary/aromatic N) is 1. The lowest BCUT2D eigenvalue weighted by Gasteiger charge is -2.26. The molecule has 0 fully saturated rings. The van der Waals surface area contributed by atoms with Crippen molar-refractivity contribution >= 4 is 70.1 Å². The molecule has 2 heteroatoms. The Labute approximate surface area is 237 Å². The van der Waals surface area contributed by atoms with Gasteiger partial charge in [0.1, 0.15) is 0 Å². The first-order valence-electron chi connectivity index (χ1n) is 13.6. The standard InChI is InChI=1S/C38H25NS/c1-2-10-31(11-3-1)39(32-20-16-27(17-21-32)30-15-14-26-8-4-5-9-29(26)24-30)33-22-18-28-19-23-35-34-12-6-7-13-37(34)40-38(35)36(28)25-33/h1-25H. The molecular formula is C38H25NS. The summed E-state index contributed by atoms with van der Waals surface area (Å²) in [6, 6.07) is 54.9. The number of hydrogen-bond acceptors (Lipinski definition) is 2. The number of benzene rings is 7. The summed E-state index contributed by atoms with van der Waals surface area (Å²) in [5.41, 5.74) is 5.88. The average Bonchev–Trinajstić information content (AvgIpc) is 3.41. The first-order chi connectivity index (χ1) is 19.8. The predicted octanol–water partition coefficient (Wildman–Crippen LogP) is 11.5. The Morgan fingerprint density at radius 3 is 1.90 bits per heavy atom. The van der Waals surface area contributed by atoms with Gasteiger partial charge in [0.15, 0.2) is 0 Å². The van der Waals surface area contributed by atoms with Crippen molar-refractivity contribution in [2.24, 2.45) is 0 Å². The Balaban J connectivity index is 1.26. The second-order valence-corrected chi connectivity index (χ2v) is 11.3. The van der Waals surface area contributed by atoms with Gasteiger partial charge in [-0.05, 0) is 75.8 Å². The molecule has 1 heterocycles. The lowest BCUT2D eigenvalue weighted by Crippen LogP contribution is -2.09. The topological polar surface area (TPSA) is 3.24 Å². The van der Waals surface area contributed by atoms with Crippen LogP contribution in [-0.4, -0.2) is 0 Å². The number of thiophene rings is 1. The average molecular weight is 528 g/mol. The fraction of sp³-hybridized carbons (Fsp3) is 0. The van der Waals surface area contributed by atoms with Gasteiger partial charge in [0.05, 0.1) is 0 Å². The van der Waals surface area contributed by atoms with Crippen molar-refractivity contribution in [3.8, 4) is 11.1 Å². The van der Waals surface area contributed by atoms with E-state index in [-0.39, 0.29) is 0 Å². The third-order valence-electron chi connectivity index (χ3n) is 7.83. The molecule has 7 aromatic carbocycles. The van der Waals surface area contributed by atoms with Gasteiger partial charge in [-0.25, -0.2) is 0 Å². The molecule has 8 aromatic rings. The van der Waals surface area contributed by atoms with Crippen molar-refractivity contribution in [3.05, 3.63) is 152 Å². The quantitative estimate of drug-likeness (QED) is 0.220. The fourth-order valence-corrected chi connectivity index (χ4v) is 7.05. The molecule has 0 radical (unpaired) electrons. The van der Waals surface area contributed by atoms with Crippen LogP contribution in [0.15, 0.2) is 152 Å². The molecule has 0 amide bonds. The van der Waals surface area contributed by atoms with Gasteiger partial charge in [-0.3, -0.25) is 0 Å². The van der Waals surface area contributed by atoms with Crippen LogP contribution < -0.4 is 4.90 Å². The maximum Gasteiger partial charge on any atom is 0.0468 e. The minimum Gasteiger partial charge on any atom is -0.310 e. The van der Waals surface area contributed by atoms with Crippen LogP contribution in [0, 0.1) is 0 Å². The predicted molar refractivity (Wildman–Crippen MR) is 174 cm³/mol. The highest BCUT2D eigenvalue weighted by atomic mass is 32.1. The van der Waals surface area contributed by atoms with Crippen LogP contribution in [0.2, 0.25) is 0 Å². The lowest BCUT2D eigenvalue weighted by atomic mass is 10.0. The highest BCUT2D eigenvalue weighted by Gasteiger charge is 2.15. The molecular weight excluding hydrogens is 502 g/mol. The highest BCUT2D eigenvalue weighted by Crippen LogP contribution is 2.42. The molecule has 1 nitrogen and oxygen atoms in total. The van der Waals surface area contributed by atoms with Crippen molar-refractivity contribution < 1.29 is 0 Å². The number of fused-ring (bicyclic) bond motifs is 6. The maximum atomic E-state index is 2.36. The van der Waals surface area contributed by atoms with Gasteiger partial charge < -0.3 is 4.90 Å². The minimum atomic E-state index is 1.14. The molecule has 0 unspecified atom stereocenters. The molecule has 0 aliphatic rings. The molecule has 0 aliphatic heterocycles. The van der Waals surface area contributed by atoms with Gasteiger partial charge in [0.2, 0.25) is 0 Å². The van der Waals surface area contributed by atoms with E-state index < -0.39 is 0 Å². The first kappa shape index (κ1) is 23.0. The maximum absolute atomic E-state index is 2.36. The second kappa shape index (κ2) is 9.37. The van der Waals surface area contributed by atoms with Gasteiger partial charge in [-0.15, -0.1) is 11.3 Å². The summed E-state index contributed by atoms with van der Waals surface area (Å²) in [4.78, 5) is 2.36. The fourth-order valence-electron chi connectivity index (χ4n) is 5.83. The molecule has 40 heavy (non-hydrogen) atoms. The zero-order chi connectivity index (χ0) is 26.5. The van der Waals surface area contributed by atoms with Crippen LogP contribution in [0.1, 0.15) is 0 Å². The monoisotopic (exact) mass is 527 g/mol. The largest absolute Gasteiger partial charge is 0.310 e. The van der Waals surface area contributed by atoms with E-state index in [0.717, 1.165) is 17.1 Å². The smallest absolute Gasteiger partial charge is 0.0468 e.